The number of carboxylic acids is 1. The Kier molecular flexibility index (Phi) is 4.65. The zero-order chi connectivity index (χ0) is 16.3. The molecule has 7 heteroatoms. The van der Waals surface area contributed by atoms with Crippen molar-refractivity contribution in [3.05, 3.63) is 28.3 Å². The number of hydrogen-bond acceptors (Lipinski definition) is 5. The predicted molar refractivity (Wildman–Crippen MR) is 82.7 cm³/mol. The molecule has 0 aromatic carbocycles. The highest BCUT2D eigenvalue weighted by Crippen LogP contribution is 2.24. The van der Waals surface area contributed by atoms with Gasteiger partial charge in [0.1, 0.15) is 11.3 Å². The Morgan fingerprint density at radius 2 is 2.23 bits per heavy atom. The van der Waals surface area contributed by atoms with Gasteiger partial charge in [0.2, 0.25) is 11.8 Å². The molecule has 0 spiro atoms. The summed E-state index contributed by atoms with van der Waals surface area (Å²) in [6.45, 7) is 4.94. The van der Waals surface area contributed by atoms with Gasteiger partial charge in [-0.25, -0.2) is 9.78 Å². The van der Waals surface area contributed by atoms with Crippen LogP contribution in [-0.2, 0) is 16.0 Å². The maximum Gasteiger partial charge on any atom is 0.329 e. The van der Waals surface area contributed by atoms with E-state index in [0.29, 0.717) is 23.8 Å². The average molecular weight is 322 g/mol. The van der Waals surface area contributed by atoms with E-state index in [4.69, 9.17) is 4.42 Å². The number of nitrogens with one attached hydrogen (secondary N) is 1. The van der Waals surface area contributed by atoms with Gasteiger partial charge in [-0.15, -0.1) is 0 Å². The summed E-state index contributed by atoms with van der Waals surface area (Å²) >= 11 is 1.53. The van der Waals surface area contributed by atoms with Gasteiger partial charge in [-0.2, -0.15) is 11.3 Å². The van der Waals surface area contributed by atoms with Crippen molar-refractivity contribution < 1.29 is 19.1 Å². The van der Waals surface area contributed by atoms with Gasteiger partial charge in [-0.1, -0.05) is 6.92 Å². The standard InChI is InChI=1S/C15H18N2O4S/c1-4-15(3,14(19)20)17-12(18)7-11-9(2)21-13(16-11)10-5-6-22-8-10/h5-6,8H,4,7H2,1-3H3,(H,17,18)(H,19,20). The molecule has 2 N–H and O–H groups in total. The van der Waals surface area contributed by atoms with E-state index in [1.807, 2.05) is 16.8 Å². The number of nitrogens with zero attached hydrogens (tertiary/aromatic N) is 1. The molecule has 0 saturated heterocycles. The number of amides is 1. The van der Waals surface area contributed by atoms with Crippen LogP contribution < -0.4 is 5.32 Å². The van der Waals surface area contributed by atoms with Crippen LogP contribution in [0.5, 0.6) is 0 Å². The zero-order valence-electron chi connectivity index (χ0n) is 12.7. The number of aromatic nitrogens is 1. The lowest BCUT2D eigenvalue weighted by atomic mass is 9.99. The molecule has 2 aromatic rings. The Morgan fingerprint density at radius 1 is 1.50 bits per heavy atom. The monoisotopic (exact) mass is 322 g/mol. The fourth-order valence-corrected chi connectivity index (χ4v) is 2.53. The van der Waals surface area contributed by atoms with Crippen LogP contribution in [0.2, 0.25) is 0 Å². The molecule has 0 fully saturated rings. The Hall–Kier alpha value is -2.15. The number of aryl methyl sites for hydroxylation is 1. The summed E-state index contributed by atoms with van der Waals surface area (Å²) in [5.41, 5.74) is 0.108. The van der Waals surface area contributed by atoms with Gasteiger partial charge in [0.05, 0.1) is 12.1 Å². The summed E-state index contributed by atoms with van der Waals surface area (Å²) in [6, 6.07) is 1.89. The second kappa shape index (κ2) is 6.31. The highest BCUT2D eigenvalue weighted by Gasteiger charge is 2.33. The molecule has 2 rings (SSSR count). The molecule has 118 valence electrons. The van der Waals surface area contributed by atoms with Crippen LogP contribution in [0.3, 0.4) is 0 Å². The van der Waals surface area contributed by atoms with Crippen LogP contribution in [0.15, 0.2) is 21.2 Å². The van der Waals surface area contributed by atoms with E-state index in [1.54, 1.807) is 13.8 Å². The largest absolute Gasteiger partial charge is 0.480 e. The molecular formula is C15H18N2O4S. The smallest absolute Gasteiger partial charge is 0.329 e. The quantitative estimate of drug-likeness (QED) is 0.853. The average Bonchev–Trinajstić information content (AvgIpc) is 3.09. The first-order valence-electron chi connectivity index (χ1n) is 6.89. The topological polar surface area (TPSA) is 92.4 Å². The first kappa shape index (κ1) is 16.2. The molecule has 22 heavy (non-hydrogen) atoms. The fourth-order valence-electron chi connectivity index (χ4n) is 1.90. The number of oxazole rings is 1. The molecule has 2 aromatic heterocycles. The van der Waals surface area contributed by atoms with E-state index in [2.05, 4.69) is 10.3 Å². The maximum absolute atomic E-state index is 12.1. The lowest BCUT2D eigenvalue weighted by Gasteiger charge is -2.24. The third-order valence-electron chi connectivity index (χ3n) is 3.58. The van der Waals surface area contributed by atoms with Crippen LogP contribution in [0.4, 0.5) is 0 Å². The van der Waals surface area contributed by atoms with Crippen molar-refractivity contribution in [1.29, 1.82) is 0 Å². The predicted octanol–water partition coefficient (Wildman–Crippen LogP) is 2.62. The van der Waals surface area contributed by atoms with Gasteiger partial charge < -0.3 is 14.8 Å². The lowest BCUT2D eigenvalue weighted by molar-refractivity contribution is -0.146. The number of carbonyl (C=O) groups excluding carboxylic acids is 1. The van der Waals surface area contributed by atoms with Crippen molar-refractivity contribution in [3.8, 4) is 11.5 Å². The molecule has 0 aliphatic carbocycles. The summed E-state index contributed by atoms with van der Waals surface area (Å²) in [5, 5.41) is 15.6. The molecular weight excluding hydrogens is 304 g/mol. The van der Waals surface area contributed by atoms with E-state index in [9.17, 15) is 14.7 Å². The highest BCUT2D eigenvalue weighted by atomic mass is 32.1. The molecule has 1 unspecified atom stereocenters. The Labute approximate surface area is 132 Å². The number of hydrogen-bond donors (Lipinski definition) is 2. The van der Waals surface area contributed by atoms with Gasteiger partial charge in [0.15, 0.2) is 0 Å². The molecule has 0 bridgehead atoms. The minimum absolute atomic E-state index is 0.0116. The SMILES string of the molecule is CCC(C)(NC(=O)Cc1nc(-c2ccsc2)oc1C)C(=O)O. The van der Waals surface area contributed by atoms with Crippen LogP contribution in [0.1, 0.15) is 31.7 Å². The summed E-state index contributed by atoms with van der Waals surface area (Å²) < 4.78 is 5.56. The lowest BCUT2D eigenvalue weighted by Crippen LogP contribution is -2.52. The molecule has 0 aliphatic rings. The first-order chi connectivity index (χ1) is 10.4. The van der Waals surface area contributed by atoms with Gasteiger partial charge >= 0.3 is 5.97 Å². The van der Waals surface area contributed by atoms with Crippen molar-refractivity contribution in [1.82, 2.24) is 10.3 Å². The Balaban J connectivity index is 2.11. The fraction of sp³-hybridized carbons (Fsp3) is 0.400. The van der Waals surface area contributed by atoms with Gasteiger partial charge in [0, 0.05) is 10.9 Å². The second-order valence-electron chi connectivity index (χ2n) is 5.25. The molecule has 2 heterocycles. The van der Waals surface area contributed by atoms with E-state index < -0.39 is 11.5 Å². The van der Waals surface area contributed by atoms with Crippen LogP contribution in [0, 0.1) is 6.92 Å². The summed E-state index contributed by atoms with van der Waals surface area (Å²) in [6.07, 6.45) is 0.286. The highest BCUT2D eigenvalue weighted by molar-refractivity contribution is 7.08. The minimum atomic E-state index is -1.27. The number of aliphatic carboxylic acids is 1. The molecule has 6 nitrogen and oxygen atoms in total. The van der Waals surface area contributed by atoms with E-state index in [0.717, 1.165) is 5.56 Å². The van der Waals surface area contributed by atoms with Crippen molar-refractivity contribution in [2.45, 2.75) is 39.2 Å². The van der Waals surface area contributed by atoms with Gasteiger partial charge in [-0.3, -0.25) is 4.79 Å². The number of carbonyl (C=O) groups is 2. The maximum atomic E-state index is 12.1. The van der Waals surface area contributed by atoms with Gasteiger partial charge in [-0.05, 0) is 31.7 Å². The molecule has 0 radical (unpaired) electrons. The normalized spacial score (nSPS) is 13.6. The van der Waals surface area contributed by atoms with Crippen LogP contribution in [-0.4, -0.2) is 27.5 Å². The third-order valence-corrected chi connectivity index (χ3v) is 4.27. The van der Waals surface area contributed by atoms with Crippen molar-refractivity contribution in [2.24, 2.45) is 0 Å². The van der Waals surface area contributed by atoms with E-state index in [1.165, 1.54) is 18.3 Å². The number of thiophene rings is 1. The first-order valence-corrected chi connectivity index (χ1v) is 7.83. The molecule has 1 amide bonds. The summed E-state index contributed by atoms with van der Waals surface area (Å²) in [4.78, 5) is 27.6. The molecule has 1 atom stereocenters. The van der Waals surface area contributed by atoms with Crippen molar-refractivity contribution in [3.63, 3.8) is 0 Å². The van der Waals surface area contributed by atoms with Gasteiger partial charge in [0.25, 0.3) is 0 Å². The second-order valence-corrected chi connectivity index (χ2v) is 6.03. The number of carboxylic acid groups (broad SMARTS) is 1. The Bertz CT molecular complexity index is 678. The summed E-state index contributed by atoms with van der Waals surface area (Å²) in [5.74, 6) is -0.415. The number of rotatable bonds is 6. The zero-order valence-corrected chi connectivity index (χ0v) is 13.5. The Morgan fingerprint density at radius 3 is 2.77 bits per heavy atom. The third kappa shape index (κ3) is 3.36. The van der Waals surface area contributed by atoms with Crippen molar-refractivity contribution >= 4 is 23.2 Å². The van der Waals surface area contributed by atoms with Crippen molar-refractivity contribution in [2.75, 3.05) is 0 Å². The minimum Gasteiger partial charge on any atom is -0.480 e. The molecule has 0 aliphatic heterocycles. The van der Waals surface area contributed by atoms with Crippen LogP contribution >= 0.6 is 11.3 Å². The van der Waals surface area contributed by atoms with E-state index in [-0.39, 0.29) is 12.3 Å². The van der Waals surface area contributed by atoms with Crippen LogP contribution in [0.25, 0.3) is 11.5 Å². The molecule has 0 saturated carbocycles. The van der Waals surface area contributed by atoms with E-state index >= 15 is 0 Å². The summed E-state index contributed by atoms with van der Waals surface area (Å²) in [7, 11) is 0.